The highest BCUT2D eigenvalue weighted by Crippen LogP contribution is 2.18. The minimum atomic E-state index is -0.379. The van der Waals surface area contributed by atoms with E-state index in [1.807, 2.05) is 37.3 Å². The molecule has 0 spiro atoms. The standard InChI is InChI=1S/C16H20O3/c1-5-18-16(17)13(3)11-12(2)14(4)19-15-9-7-6-8-10-15/h6-10,14H,2-3,5,11H2,1,4H3. The lowest BCUT2D eigenvalue weighted by Crippen LogP contribution is -2.17. The molecule has 0 saturated carbocycles. The van der Waals surface area contributed by atoms with Gasteiger partial charge in [0.25, 0.3) is 0 Å². The molecule has 3 heteroatoms. The van der Waals surface area contributed by atoms with Crippen molar-refractivity contribution in [1.82, 2.24) is 0 Å². The van der Waals surface area contributed by atoms with Crippen LogP contribution in [0.25, 0.3) is 0 Å². The van der Waals surface area contributed by atoms with Crippen molar-refractivity contribution >= 4 is 5.97 Å². The molecular formula is C16H20O3. The van der Waals surface area contributed by atoms with E-state index in [4.69, 9.17) is 9.47 Å². The second-order valence-corrected chi connectivity index (χ2v) is 4.23. The number of rotatable bonds is 7. The topological polar surface area (TPSA) is 35.5 Å². The zero-order valence-corrected chi connectivity index (χ0v) is 11.5. The Morgan fingerprint density at radius 2 is 1.89 bits per heavy atom. The van der Waals surface area contributed by atoms with Crippen molar-refractivity contribution in [3.05, 3.63) is 54.6 Å². The van der Waals surface area contributed by atoms with Crippen LogP contribution >= 0.6 is 0 Å². The average molecular weight is 260 g/mol. The number of carbonyl (C=O) groups is 1. The Morgan fingerprint density at radius 3 is 2.47 bits per heavy atom. The molecule has 0 aliphatic carbocycles. The first-order chi connectivity index (χ1) is 9.04. The summed E-state index contributed by atoms with van der Waals surface area (Å²) in [7, 11) is 0. The molecule has 0 aliphatic rings. The molecule has 1 aromatic rings. The van der Waals surface area contributed by atoms with E-state index in [2.05, 4.69) is 13.2 Å². The summed E-state index contributed by atoms with van der Waals surface area (Å²) in [6.45, 7) is 11.7. The molecule has 19 heavy (non-hydrogen) atoms. The van der Waals surface area contributed by atoms with Crippen molar-refractivity contribution in [2.24, 2.45) is 0 Å². The fourth-order valence-corrected chi connectivity index (χ4v) is 1.51. The SMILES string of the molecule is C=C(CC(=C)C(C)Oc1ccccc1)C(=O)OCC. The molecule has 0 aromatic heterocycles. The molecule has 0 saturated heterocycles. The van der Waals surface area contributed by atoms with E-state index in [9.17, 15) is 4.79 Å². The number of carbonyl (C=O) groups excluding carboxylic acids is 1. The average Bonchev–Trinajstić information content (AvgIpc) is 2.40. The smallest absolute Gasteiger partial charge is 0.333 e. The summed E-state index contributed by atoms with van der Waals surface area (Å²) in [6.07, 6.45) is 0.195. The molecule has 1 atom stereocenters. The minimum absolute atomic E-state index is 0.187. The van der Waals surface area contributed by atoms with Crippen molar-refractivity contribution in [3.63, 3.8) is 0 Å². The maximum atomic E-state index is 11.5. The number of hydrogen-bond donors (Lipinski definition) is 0. The van der Waals surface area contributed by atoms with Crippen LogP contribution in [0.4, 0.5) is 0 Å². The van der Waals surface area contributed by atoms with Crippen molar-refractivity contribution in [2.75, 3.05) is 6.61 Å². The number of esters is 1. The first-order valence-electron chi connectivity index (χ1n) is 6.28. The maximum Gasteiger partial charge on any atom is 0.333 e. The molecule has 1 rings (SSSR count). The van der Waals surface area contributed by atoms with Gasteiger partial charge in [0.1, 0.15) is 11.9 Å². The van der Waals surface area contributed by atoms with Crippen LogP contribution in [0.5, 0.6) is 5.75 Å². The second kappa shape index (κ2) is 7.41. The monoisotopic (exact) mass is 260 g/mol. The van der Waals surface area contributed by atoms with Gasteiger partial charge in [-0.1, -0.05) is 31.4 Å². The van der Waals surface area contributed by atoms with Gasteiger partial charge in [-0.05, 0) is 31.6 Å². The fourth-order valence-electron chi connectivity index (χ4n) is 1.51. The van der Waals surface area contributed by atoms with Crippen molar-refractivity contribution < 1.29 is 14.3 Å². The van der Waals surface area contributed by atoms with E-state index < -0.39 is 0 Å². The van der Waals surface area contributed by atoms with E-state index in [1.54, 1.807) is 6.92 Å². The molecule has 0 bridgehead atoms. The molecule has 0 amide bonds. The van der Waals surface area contributed by atoms with Crippen LogP contribution < -0.4 is 4.74 Å². The molecule has 102 valence electrons. The summed E-state index contributed by atoms with van der Waals surface area (Å²) >= 11 is 0. The van der Waals surface area contributed by atoms with E-state index in [0.29, 0.717) is 18.6 Å². The second-order valence-electron chi connectivity index (χ2n) is 4.23. The number of ether oxygens (including phenoxy) is 2. The maximum absolute atomic E-state index is 11.5. The van der Waals surface area contributed by atoms with Crippen LogP contribution in [0.15, 0.2) is 54.6 Å². The third-order valence-electron chi connectivity index (χ3n) is 2.64. The predicted molar refractivity (Wildman–Crippen MR) is 76.1 cm³/mol. The lowest BCUT2D eigenvalue weighted by atomic mass is 10.0. The molecule has 0 heterocycles. The van der Waals surface area contributed by atoms with Crippen LogP contribution in [-0.2, 0) is 9.53 Å². The number of hydrogen-bond acceptors (Lipinski definition) is 3. The number of benzene rings is 1. The van der Waals surface area contributed by atoms with Gasteiger partial charge in [0.05, 0.1) is 6.61 Å². The van der Waals surface area contributed by atoms with Gasteiger partial charge in [-0.3, -0.25) is 0 Å². The quantitative estimate of drug-likeness (QED) is 0.427. The Balaban J connectivity index is 2.49. The Morgan fingerprint density at radius 1 is 1.26 bits per heavy atom. The molecule has 0 aliphatic heterocycles. The highest BCUT2D eigenvalue weighted by atomic mass is 16.5. The number of para-hydroxylation sites is 1. The summed E-state index contributed by atoms with van der Waals surface area (Å²) in [5.74, 6) is 0.397. The van der Waals surface area contributed by atoms with Gasteiger partial charge in [0.15, 0.2) is 0 Å². The minimum Gasteiger partial charge on any atom is -0.486 e. The van der Waals surface area contributed by atoms with Crippen LogP contribution in [0.1, 0.15) is 20.3 Å². The highest BCUT2D eigenvalue weighted by molar-refractivity contribution is 5.88. The molecule has 0 N–H and O–H groups in total. The lowest BCUT2D eigenvalue weighted by Gasteiger charge is -2.17. The van der Waals surface area contributed by atoms with Crippen molar-refractivity contribution in [1.29, 1.82) is 0 Å². The summed E-state index contributed by atoms with van der Waals surface area (Å²) in [5.41, 5.74) is 1.19. The first kappa shape index (κ1) is 15.0. The van der Waals surface area contributed by atoms with E-state index in [1.165, 1.54) is 0 Å². The zero-order valence-electron chi connectivity index (χ0n) is 11.5. The molecule has 1 unspecified atom stereocenters. The van der Waals surface area contributed by atoms with Gasteiger partial charge in [0, 0.05) is 12.0 Å². The van der Waals surface area contributed by atoms with E-state index in [-0.39, 0.29) is 12.1 Å². The Kier molecular flexibility index (Phi) is 5.86. The summed E-state index contributed by atoms with van der Waals surface area (Å²) in [5, 5.41) is 0. The molecular weight excluding hydrogens is 240 g/mol. The van der Waals surface area contributed by atoms with Crippen LogP contribution in [0.3, 0.4) is 0 Å². The Bertz CT molecular complexity index is 448. The third-order valence-corrected chi connectivity index (χ3v) is 2.64. The summed E-state index contributed by atoms with van der Waals surface area (Å²) in [6, 6.07) is 9.49. The van der Waals surface area contributed by atoms with Gasteiger partial charge in [-0.2, -0.15) is 0 Å². The van der Waals surface area contributed by atoms with E-state index in [0.717, 1.165) is 11.3 Å². The Hall–Kier alpha value is -2.03. The van der Waals surface area contributed by atoms with Gasteiger partial charge in [-0.25, -0.2) is 4.79 Å². The fraction of sp³-hybridized carbons (Fsp3) is 0.312. The van der Waals surface area contributed by atoms with Gasteiger partial charge < -0.3 is 9.47 Å². The molecule has 0 radical (unpaired) electrons. The van der Waals surface area contributed by atoms with E-state index >= 15 is 0 Å². The normalized spacial score (nSPS) is 11.5. The molecule has 3 nitrogen and oxygen atoms in total. The van der Waals surface area contributed by atoms with Crippen LogP contribution in [0.2, 0.25) is 0 Å². The van der Waals surface area contributed by atoms with Crippen LogP contribution in [-0.4, -0.2) is 18.7 Å². The van der Waals surface area contributed by atoms with Crippen LogP contribution in [0, 0.1) is 0 Å². The highest BCUT2D eigenvalue weighted by Gasteiger charge is 2.14. The molecule has 1 aromatic carbocycles. The largest absolute Gasteiger partial charge is 0.486 e. The lowest BCUT2D eigenvalue weighted by molar-refractivity contribution is -0.138. The summed E-state index contributed by atoms with van der Waals surface area (Å²) in [4.78, 5) is 11.5. The zero-order chi connectivity index (χ0) is 14.3. The van der Waals surface area contributed by atoms with Gasteiger partial charge in [0.2, 0.25) is 0 Å². The van der Waals surface area contributed by atoms with Gasteiger partial charge in [-0.15, -0.1) is 0 Å². The molecule has 0 fully saturated rings. The van der Waals surface area contributed by atoms with Crippen molar-refractivity contribution in [2.45, 2.75) is 26.4 Å². The predicted octanol–water partition coefficient (Wildman–Crippen LogP) is 3.52. The van der Waals surface area contributed by atoms with Crippen molar-refractivity contribution in [3.8, 4) is 5.75 Å². The Labute approximate surface area is 114 Å². The summed E-state index contributed by atoms with van der Waals surface area (Å²) < 4.78 is 10.6. The van der Waals surface area contributed by atoms with Gasteiger partial charge >= 0.3 is 5.97 Å². The first-order valence-corrected chi connectivity index (χ1v) is 6.28. The third kappa shape index (κ3) is 5.00.